The van der Waals surface area contributed by atoms with Crippen molar-refractivity contribution in [1.29, 1.82) is 0 Å². The molecule has 3 atom stereocenters. The van der Waals surface area contributed by atoms with Crippen LogP contribution in [0.4, 0.5) is 0 Å². The number of nitrogens with zero attached hydrogens (tertiary/aromatic N) is 1. The van der Waals surface area contributed by atoms with E-state index in [-0.39, 0.29) is 5.54 Å². The van der Waals surface area contributed by atoms with E-state index in [1.807, 2.05) is 0 Å². The fourth-order valence-electron chi connectivity index (χ4n) is 3.60. The van der Waals surface area contributed by atoms with E-state index < -0.39 is 0 Å². The lowest BCUT2D eigenvalue weighted by atomic mass is 9.74. The number of likely N-dealkylation sites (tertiary alicyclic amines) is 1. The molecule has 0 aromatic rings. The van der Waals surface area contributed by atoms with E-state index in [9.17, 15) is 0 Å². The molecule has 1 saturated heterocycles. The SMILES string of the molecule is C[C@H]1C=CC[C@]2(N)CN(CCCC(C)(C)C)CC12. The average Bonchev–Trinajstić information content (AvgIpc) is 2.54. The van der Waals surface area contributed by atoms with Crippen molar-refractivity contribution in [2.24, 2.45) is 23.0 Å². The van der Waals surface area contributed by atoms with Gasteiger partial charge in [0, 0.05) is 18.6 Å². The molecule has 0 aromatic heterocycles. The maximum absolute atomic E-state index is 6.61. The van der Waals surface area contributed by atoms with Crippen molar-refractivity contribution in [3.63, 3.8) is 0 Å². The number of nitrogens with two attached hydrogens (primary N) is 1. The summed E-state index contributed by atoms with van der Waals surface area (Å²) < 4.78 is 0. The first-order chi connectivity index (χ1) is 8.30. The predicted octanol–water partition coefficient (Wildman–Crippen LogP) is 3.04. The Morgan fingerprint density at radius 3 is 2.72 bits per heavy atom. The van der Waals surface area contributed by atoms with Gasteiger partial charge in [0.1, 0.15) is 0 Å². The molecule has 2 rings (SSSR count). The smallest absolute Gasteiger partial charge is 0.0364 e. The fourth-order valence-corrected chi connectivity index (χ4v) is 3.60. The molecule has 1 aliphatic heterocycles. The fraction of sp³-hybridized carbons (Fsp3) is 0.875. The summed E-state index contributed by atoms with van der Waals surface area (Å²) in [5.41, 5.74) is 7.12. The van der Waals surface area contributed by atoms with Crippen molar-refractivity contribution in [3.05, 3.63) is 12.2 Å². The molecule has 0 bridgehead atoms. The minimum Gasteiger partial charge on any atom is -0.323 e. The van der Waals surface area contributed by atoms with Crippen molar-refractivity contribution in [2.75, 3.05) is 19.6 Å². The van der Waals surface area contributed by atoms with E-state index in [1.54, 1.807) is 0 Å². The molecule has 0 amide bonds. The standard InChI is InChI=1S/C16H30N2/c1-13-7-5-9-16(17)12-18(11-14(13)16)10-6-8-15(2,3)4/h5,7,13-14H,6,8-12,17H2,1-4H3/t13-,14?,16-/m0/s1. The lowest BCUT2D eigenvalue weighted by Crippen LogP contribution is -2.50. The second kappa shape index (κ2) is 4.97. The molecule has 2 nitrogen and oxygen atoms in total. The molecular formula is C16H30N2. The Bertz CT molecular complexity index is 316. The van der Waals surface area contributed by atoms with Gasteiger partial charge >= 0.3 is 0 Å². The van der Waals surface area contributed by atoms with E-state index in [1.165, 1.54) is 25.9 Å². The van der Waals surface area contributed by atoms with Gasteiger partial charge < -0.3 is 10.6 Å². The van der Waals surface area contributed by atoms with Gasteiger partial charge in [-0.3, -0.25) is 0 Å². The van der Waals surface area contributed by atoms with Crippen LogP contribution in [0.25, 0.3) is 0 Å². The monoisotopic (exact) mass is 250 g/mol. The van der Waals surface area contributed by atoms with E-state index in [0.29, 0.717) is 17.3 Å². The molecule has 0 radical (unpaired) electrons. The molecule has 1 fully saturated rings. The second-order valence-corrected chi connectivity index (χ2v) is 7.73. The van der Waals surface area contributed by atoms with Gasteiger partial charge in [0.15, 0.2) is 0 Å². The molecule has 1 unspecified atom stereocenters. The molecule has 104 valence electrons. The van der Waals surface area contributed by atoms with Gasteiger partial charge in [0.25, 0.3) is 0 Å². The summed E-state index contributed by atoms with van der Waals surface area (Å²) in [4.78, 5) is 2.60. The average molecular weight is 250 g/mol. The zero-order valence-electron chi connectivity index (χ0n) is 12.6. The minimum absolute atomic E-state index is 0.0515. The Kier molecular flexibility index (Phi) is 3.89. The number of fused-ring (bicyclic) bond motifs is 1. The highest BCUT2D eigenvalue weighted by Crippen LogP contribution is 2.38. The molecular weight excluding hydrogens is 220 g/mol. The lowest BCUT2D eigenvalue weighted by molar-refractivity contribution is 0.275. The van der Waals surface area contributed by atoms with Crippen LogP contribution in [-0.2, 0) is 0 Å². The first-order valence-corrected chi connectivity index (χ1v) is 7.48. The van der Waals surface area contributed by atoms with Gasteiger partial charge in [0.05, 0.1) is 0 Å². The van der Waals surface area contributed by atoms with E-state index in [4.69, 9.17) is 5.73 Å². The molecule has 1 aliphatic carbocycles. The third-order valence-corrected chi connectivity index (χ3v) is 4.68. The summed E-state index contributed by atoms with van der Waals surface area (Å²) in [7, 11) is 0. The Hall–Kier alpha value is -0.340. The maximum Gasteiger partial charge on any atom is 0.0364 e. The van der Waals surface area contributed by atoms with Crippen LogP contribution < -0.4 is 5.73 Å². The van der Waals surface area contributed by atoms with Crippen LogP contribution >= 0.6 is 0 Å². The summed E-state index contributed by atoms with van der Waals surface area (Å²) in [6.45, 7) is 12.8. The van der Waals surface area contributed by atoms with E-state index >= 15 is 0 Å². The lowest BCUT2D eigenvalue weighted by Gasteiger charge is -2.35. The van der Waals surface area contributed by atoms with Crippen LogP contribution in [0.1, 0.15) is 47.0 Å². The zero-order chi connectivity index (χ0) is 13.4. The molecule has 2 N–H and O–H groups in total. The minimum atomic E-state index is 0.0515. The third kappa shape index (κ3) is 3.16. The highest BCUT2D eigenvalue weighted by Gasteiger charge is 2.45. The zero-order valence-corrected chi connectivity index (χ0v) is 12.6. The summed E-state index contributed by atoms with van der Waals surface area (Å²) >= 11 is 0. The van der Waals surface area contributed by atoms with Crippen LogP contribution in [0.2, 0.25) is 0 Å². The molecule has 0 saturated carbocycles. The summed E-state index contributed by atoms with van der Waals surface area (Å²) in [6, 6.07) is 0. The molecule has 2 aliphatic rings. The predicted molar refractivity (Wildman–Crippen MR) is 78.5 cm³/mol. The molecule has 0 aromatic carbocycles. The Morgan fingerprint density at radius 2 is 2.11 bits per heavy atom. The van der Waals surface area contributed by atoms with Crippen LogP contribution in [0.15, 0.2) is 12.2 Å². The summed E-state index contributed by atoms with van der Waals surface area (Å²) in [5.74, 6) is 1.31. The first-order valence-electron chi connectivity index (χ1n) is 7.48. The quantitative estimate of drug-likeness (QED) is 0.780. The Labute approximate surface area is 113 Å². The highest BCUT2D eigenvalue weighted by atomic mass is 15.2. The van der Waals surface area contributed by atoms with Crippen LogP contribution in [0, 0.1) is 17.3 Å². The first kappa shape index (κ1) is 14.1. The van der Waals surface area contributed by atoms with Gasteiger partial charge in [-0.15, -0.1) is 0 Å². The van der Waals surface area contributed by atoms with Gasteiger partial charge in [-0.1, -0.05) is 39.8 Å². The molecule has 2 heteroatoms. The third-order valence-electron chi connectivity index (χ3n) is 4.68. The normalized spacial score (nSPS) is 36.9. The topological polar surface area (TPSA) is 29.3 Å². The summed E-state index contributed by atoms with van der Waals surface area (Å²) in [5, 5.41) is 0. The van der Waals surface area contributed by atoms with E-state index in [0.717, 1.165) is 13.0 Å². The number of hydrogen-bond acceptors (Lipinski definition) is 2. The molecule has 1 heterocycles. The van der Waals surface area contributed by atoms with Crippen LogP contribution in [-0.4, -0.2) is 30.1 Å². The van der Waals surface area contributed by atoms with Crippen LogP contribution in [0.3, 0.4) is 0 Å². The number of allylic oxidation sites excluding steroid dienone is 1. The molecule has 18 heavy (non-hydrogen) atoms. The Balaban J connectivity index is 1.85. The van der Waals surface area contributed by atoms with Crippen molar-refractivity contribution in [3.8, 4) is 0 Å². The largest absolute Gasteiger partial charge is 0.323 e. The van der Waals surface area contributed by atoms with Gasteiger partial charge in [0.2, 0.25) is 0 Å². The number of rotatable bonds is 3. The number of hydrogen-bond donors (Lipinski definition) is 1. The van der Waals surface area contributed by atoms with Crippen molar-refractivity contribution in [2.45, 2.75) is 52.5 Å². The maximum atomic E-state index is 6.61. The summed E-state index contributed by atoms with van der Waals surface area (Å²) in [6.07, 6.45) is 8.32. The highest BCUT2D eigenvalue weighted by molar-refractivity contribution is 5.14. The van der Waals surface area contributed by atoms with Gasteiger partial charge in [-0.05, 0) is 43.1 Å². The van der Waals surface area contributed by atoms with Crippen LogP contribution in [0.5, 0.6) is 0 Å². The second-order valence-electron chi connectivity index (χ2n) is 7.73. The van der Waals surface area contributed by atoms with E-state index in [2.05, 4.69) is 44.7 Å². The molecule has 0 spiro atoms. The van der Waals surface area contributed by atoms with Gasteiger partial charge in [-0.25, -0.2) is 0 Å². The Morgan fingerprint density at radius 1 is 1.39 bits per heavy atom. The van der Waals surface area contributed by atoms with Crippen molar-refractivity contribution in [1.82, 2.24) is 4.90 Å². The van der Waals surface area contributed by atoms with Gasteiger partial charge in [-0.2, -0.15) is 0 Å². The van der Waals surface area contributed by atoms with Crippen molar-refractivity contribution >= 4 is 0 Å². The van der Waals surface area contributed by atoms with Crippen molar-refractivity contribution < 1.29 is 0 Å².